The van der Waals surface area contributed by atoms with E-state index in [0.29, 0.717) is 11.3 Å². The Hall–Kier alpha value is -2.08. The number of amides is 1. The van der Waals surface area contributed by atoms with Gasteiger partial charge in [-0.3, -0.25) is 10.2 Å². The van der Waals surface area contributed by atoms with E-state index in [4.69, 9.17) is 0 Å². The van der Waals surface area contributed by atoms with Crippen LogP contribution < -0.4 is 5.43 Å². The molecule has 0 spiro atoms. The van der Waals surface area contributed by atoms with Gasteiger partial charge in [-0.2, -0.15) is 18.2 Å². The lowest BCUT2D eigenvalue weighted by Crippen LogP contribution is -2.51. The van der Waals surface area contributed by atoms with E-state index >= 15 is 0 Å². The molecule has 1 atom stereocenters. The van der Waals surface area contributed by atoms with Crippen LogP contribution in [0.3, 0.4) is 0 Å². The van der Waals surface area contributed by atoms with Crippen molar-refractivity contribution in [3.63, 3.8) is 0 Å². The Morgan fingerprint density at radius 2 is 1.89 bits per heavy atom. The van der Waals surface area contributed by atoms with Gasteiger partial charge in [-0.15, -0.1) is 0 Å². The van der Waals surface area contributed by atoms with Crippen molar-refractivity contribution in [1.29, 1.82) is 0 Å². The number of carbonyl (C=O) groups is 1. The lowest BCUT2D eigenvalue weighted by atomic mass is 9.92. The number of nitrogens with one attached hydrogen (secondary N) is 1. The third kappa shape index (κ3) is 3.95. The Labute approximate surface area is 157 Å². The second-order valence-corrected chi connectivity index (χ2v) is 8.34. The van der Waals surface area contributed by atoms with Crippen LogP contribution in [0.2, 0.25) is 0 Å². The predicted molar refractivity (Wildman–Crippen MR) is 100.0 cm³/mol. The Morgan fingerprint density at radius 3 is 2.44 bits per heavy atom. The van der Waals surface area contributed by atoms with E-state index in [1.807, 2.05) is 18.2 Å². The van der Waals surface area contributed by atoms with Gasteiger partial charge in [0, 0.05) is 12.0 Å². The maximum atomic E-state index is 14.1. The number of alkyl halides is 3. The summed E-state index contributed by atoms with van der Waals surface area (Å²) in [6, 6.07) is 8.71. The molecular weight excluding hydrogens is 353 g/mol. The molecule has 0 bridgehead atoms. The highest BCUT2D eigenvalue weighted by atomic mass is 19.4. The van der Waals surface area contributed by atoms with Crippen molar-refractivity contribution in [2.75, 3.05) is 0 Å². The van der Waals surface area contributed by atoms with Crippen molar-refractivity contribution in [3.05, 3.63) is 47.5 Å². The molecule has 3 nitrogen and oxygen atoms in total. The molecule has 2 aromatic rings. The fourth-order valence-corrected chi connectivity index (χ4v) is 3.87. The molecule has 1 aliphatic heterocycles. The highest BCUT2D eigenvalue weighted by Crippen LogP contribution is 2.44. The second-order valence-electron chi connectivity index (χ2n) is 8.34. The van der Waals surface area contributed by atoms with Crippen LogP contribution in [-0.4, -0.2) is 22.6 Å². The summed E-state index contributed by atoms with van der Waals surface area (Å²) >= 11 is 0. The van der Waals surface area contributed by atoms with Gasteiger partial charge in [-0.05, 0) is 48.1 Å². The molecule has 6 heteroatoms. The third-order valence-corrected chi connectivity index (χ3v) is 4.98. The van der Waals surface area contributed by atoms with Crippen LogP contribution in [0.25, 0.3) is 10.8 Å². The lowest BCUT2D eigenvalue weighted by molar-refractivity contribution is -0.203. The number of hydrogen-bond acceptors (Lipinski definition) is 2. The van der Waals surface area contributed by atoms with Gasteiger partial charge in [0.25, 0.3) is 0 Å². The van der Waals surface area contributed by atoms with E-state index in [9.17, 15) is 18.0 Å². The minimum absolute atomic E-state index is 0.0306. The molecule has 2 aromatic carbocycles. The zero-order valence-corrected chi connectivity index (χ0v) is 16.0. The van der Waals surface area contributed by atoms with E-state index in [-0.39, 0.29) is 12.0 Å². The van der Waals surface area contributed by atoms with Gasteiger partial charge in [0.05, 0.1) is 0 Å². The van der Waals surface area contributed by atoms with Crippen molar-refractivity contribution >= 4 is 16.7 Å². The largest absolute Gasteiger partial charge is 0.409 e. The average molecular weight is 378 g/mol. The number of nitrogens with zero attached hydrogens (tertiary/aromatic N) is 1. The van der Waals surface area contributed by atoms with E-state index in [1.165, 1.54) is 6.07 Å². The Morgan fingerprint density at radius 1 is 1.19 bits per heavy atom. The average Bonchev–Trinajstić information content (AvgIpc) is 2.78. The first kappa shape index (κ1) is 19.7. The van der Waals surface area contributed by atoms with E-state index in [1.54, 1.807) is 26.0 Å². The summed E-state index contributed by atoms with van der Waals surface area (Å²) in [7, 11) is 0. The molecule has 1 fully saturated rings. The molecule has 0 aromatic heterocycles. The standard InChI is InChI=1S/C21H25F3N2O/c1-13(2)10-14-8-9-16-15(11-14)6-5-7-17(16)19(21(22,23)24)26-20(3,4)12-18(27)25-26/h5-9,11,13,19H,10,12H2,1-4H3,(H,25,27)/t19-/m0/s1. The number of halogens is 3. The summed E-state index contributed by atoms with van der Waals surface area (Å²) in [6.45, 7) is 7.52. The van der Waals surface area contributed by atoms with Crippen LogP contribution in [0.4, 0.5) is 13.2 Å². The summed E-state index contributed by atoms with van der Waals surface area (Å²) in [4.78, 5) is 11.8. The molecule has 1 saturated heterocycles. The minimum atomic E-state index is -4.53. The maximum Gasteiger partial charge on any atom is 0.409 e. The third-order valence-electron chi connectivity index (χ3n) is 4.98. The number of hydrazine groups is 1. The van der Waals surface area contributed by atoms with Crippen molar-refractivity contribution < 1.29 is 18.0 Å². The fourth-order valence-electron chi connectivity index (χ4n) is 3.87. The van der Waals surface area contributed by atoms with Crippen molar-refractivity contribution in [3.8, 4) is 0 Å². The van der Waals surface area contributed by atoms with Crippen LogP contribution in [0.1, 0.15) is 51.3 Å². The molecule has 0 aliphatic carbocycles. The van der Waals surface area contributed by atoms with Crippen LogP contribution in [0, 0.1) is 5.92 Å². The minimum Gasteiger partial charge on any atom is -0.287 e. The number of hydrogen-bond donors (Lipinski definition) is 1. The fraction of sp³-hybridized carbons (Fsp3) is 0.476. The molecule has 27 heavy (non-hydrogen) atoms. The Bertz CT molecular complexity index is 858. The zero-order valence-electron chi connectivity index (χ0n) is 16.0. The van der Waals surface area contributed by atoms with Crippen molar-refractivity contribution in [2.24, 2.45) is 5.92 Å². The van der Waals surface area contributed by atoms with Gasteiger partial charge in [0.15, 0.2) is 6.04 Å². The van der Waals surface area contributed by atoms with Crippen LogP contribution >= 0.6 is 0 Å². The van der Waals surface area contributed by atoms with Crippen LogP contribution in [-0.2, 0) is 11.2 Å². The van der Waals surface area contributed by atoms with Gasteiger partial charge in [0.2, 0.25) is 5.91 Å². The maximum absolute atomic E-state index is 14.1. The highest BCUT2D eigenvalue weighted by molar-refractivity contribution is 5.87. The summed E-state index contributed by atoms with van der Waals surface area (Å²) in [5.74, 6) is 0.0721. The topological polar surface area (TPSA) is 32.3 Å². The zero-order chi connectivity index (χ0) is 20.0. The smallest absolute Gasteiger partial charge is 0.287 e. The van der Waals surface area contributed by atoms with E-state index < -0.39 is 23.7 Å². The summed E-state index contributed by atoms with van der Waals surface area (Å²) in [6.07, 6.45) is -3.62. The molecule has 1 N–H and O–H groups in total. The number of benzene rings is 2. The normalized spacial score (nSPS) is 18.9. The van der Waals surface area contributed by atoms with Crippen molar-refractivity contribution in [2.45, 2.75) is 58.3 Å². The molecule has 3 rings (SSSR count). The van der Waals surface area contributed by atoms with E-state index in [0.717, 1.165) is 22.4 Å². The van der Waals surface area contributed by atoms with Gasteiger partial charge in [0.1, 0.15) is 0 Å². The molecule has 0 radical (unpaired) electrons. The SMILES string of the molecule is CC(C)Cc1ccc2c([C@H](N3NC(=O)CC3(C)C)C(F)(F)F)cccc2c1. The summed E-state index contributed by atoms with van der Waals surface area (Å²) in [5, 5.41) is 2.40. The molecular formula is C21H25F3N2O. The quantitative estimate of drug-likeness (QED) is 0.797. The molecule has 0 unspecified atom stereocenters. The number of carbonyl (C=O) groups excluding carboxylic acids is 1. The van der Waals surface area contributed by atoms with Crippen LogP contribution in [0.15, 0.2) is 36.4 Å². The monoisotopic (exact) mass is 378 g/mol. The Balaban J connectivity index is 2.13. The van der Waals surface area contributed by atoms with Gasteiger partial charge in [-0.25, -0.2) is 0 Å². The first-order valence-corrected chi connectivity index (χ1v) is 9.16. The summed E-state index contributed by atoms with van der Waals surface area (Å²) in [5.41, 5.74) is 2.76. The van der Waals surface area contributed by atoms with Crippen molar-refractivity contribution in [1.82, 2.24) is 10.4 Å². The molecule has 1 heterocycles. The summed E-state index contributed by atoms with van der Waals surface area (Å²) < 4.78 is 42.3. The van der Waals surface area contributed by atoms with Gasteiger partial charge in [-0.1, -0.05) is 50.2 Å². The predicted octanol–water partition coefficient (Wildman–Crippen LogP) is 5.16. The van der Waals surface area contributed by atoms with Gasteiger partial charge >= 0.3 is 6.18 Å². The van der Waals surface area contributed by atoms with E-state index in [2.05, 4.69) is 19.3 Å². The molecule has 1 amide bonds. The Kier molecular flexibility index (Phi) is 4.97. The highest BCUT2D eigenvalue weighted by Gasteiger charge is 2.53. The molecule has 1 aliphatic rings. The number of rotatable bonds is 4. The first-order valence-electron chi connectivity index (χ1n) is 9.16. The lowest BCUT2D eigenvalue weighted by Gasteiger charge is -2.38. The molecule has 0 saturated carbocycles. The first-order chi connectivity index (χ1) is 12.5. The molecule has 146 valence electrons. The number of fused-ring (bicyclic) bond motifs is 1. The van der Waals surface area contributed by atoms with Gasteiger partial charge < -0.3 is 0 Å². The second kappa shape index (κ2) is 6.82. The van der Waals surface area contributed by atoms with Crippen LogP contribution in [0.5, 0.6) is 0 Å².